The number of rotatable bonds is 7. The van der Waals surface area contributed by atoms with Gasteiger partial charge in [0.2, 0.25) is 0 Å². The van der Waals surface area contributed by atoms with Crippen LogP contribution in [-0.4, -0.2) is 32.9 Å². The summed E-state index contributed by atoms with van der Waals surface area (Å²) < 4.78 is 36.7. The number of hydrogen-bond acceptors (Lipinski definition) is 7. The number of tetrazole rings is 1. The van der Waals surface area contributed by atoms with Gasteiger partial charge in [0.05, 0.1) is 23.6 Å². The lowest BCUT2D eigenvalue weighted by atomic mass is 9.81. The Morgan fingerprint density at radius 1 is 1.28 bits per heavy atom. The highest BCUT2D eigenvalue weighted by Gasteiger charge is 2.27. The van der Waals surface area contributed by atoms with E-state index in [1.807, 2.05) is 0 Å². The fourth-order valence-corrected chi connectivity index (χ4v) is 4.41. The van der Waals surface area contributed by atoms with Crippen molar-refractivity contribution in [3.8, 4) is 5.75 Å². The van der Waals surface area contributed by atoms with E-state index in [9.17, 15) is 8.78 Å². The molecule has 2 aromatic carbocycles. The van der Waals surface area contributed by atoms with Crippen molar-refractivity contribution < 1.29 is 13.5 Å². The second kappa shape index (κ2) is 9.85. The first-order valence-electron chi connectivity index (χ1n) is 9.91. The summed E-state index contributed by atoms with van der Waals surface area (Å²) >= 11 is 7.32. The van der Waals surface area contributed by atoms with Crippen LogP contribution in [0.1, 0.15) is 18.4 Å². The average molecular weight is 479 g/mol. The van der Waals surface area contributed by atoms with E-state index in [0.717, 1.165) is 35.9 Å². The maximum absolute atomic E-state index is 14.6. The molecule has 3 aromatic rings. The van der Waals surface area contributed by atoms with Crippen LogP contribution in [0, 0.1) is 17.6 Å². The fraction of sp³-hybridized carbons (Fsp3) is 0.286. The minimum Gasteiger partial charge on any atom is -0.491 e. The van der Waals surface area contributed by atoms with Gasteiger partial charge >= 0.3 is 0 Å². The van der Waals surface area contributed by atoms with Gasteiger partial charge in [-0.2, -0.15) is 4.80 Å². The molecule has 7 nitrogen and oxygen atoms in total. The van der Waals surface area contributed by atoms with Crippen LogP contribution in [-0.2, 0) is 7.05 Å². The van der Waals surface area contributed by atoms with Crippen molar-refractivity contribution in [1.29, 1.82) is 0 Å². The molecule has 0 radical (unpaired) electrons. The van der Waals surface area contributed by atoms with E-state index in [-0.39, 0.29) is 46.0 Å². The molecular formula is C21H21ClF2N6OS. The number of nitrogens with two attached hydrogens (primary N) is 1. The monoisotopic (exact) mass is 478 g/mol. The molecule has 1 heterocycles. The number of halogens is 3. The third-order valence-corrected chi connectivity index (χ3v) is 6.24. The zero-order valence-corrected chi connectivity index (χ0v) is 18.7. The van der Waals surface area contributed by atoms with Crippen LogP contribution in [0.2, 0.25) is 5.02 Å². The van der Waals surface area contributed by atoms with Gasteiger partial charge in [-0.15, -0.1) is 5.10 Å². The first-order chi connectivity index (χ1) is 15.4. The summed E-state index contributed by atoms with van der Waals surface area (Å²) in [5.41, 5.74) is 8.24. The van der Waals surface area contributed by atoms with E-state index in [4.69, 9.17) is 22.1 Å². The third kappa shape index (κ3) is 5.20. The molecule has 11 heteroatoms. The van der Waals surface area contributed by atoms with Crippen molar-refractivity contribution in [3.63, 3.8) is 0 Å². The smallest absolute Gasteiger partial charge is 0.273 e. The number of anilines is 1. The molecular weight excluding hydrogens is 458 g/mol. The zero-order chi connectivity index (χ0) is 22.7. The zero-order valence-electron chi connectivity index (χ0n) is 17.1. The van der Waals surface area contributed by atoms with E-state index < -0.39 is 5.82 Å². The largest absolute Gasteiger partial charge is 0.491 e. The minimum atomic E-state index is -0.506. The van der Waals surface area contributed by atoms with E-state index in [1.54, 1.807) is 19.2 Å². The van der Waals surface area contributed by atoms with Crippen LogP contribution in [0.15, 0.2) is 47.4 Å². The van der Waals surface area contributed by atoms with Gasteiger partial charge in [0, 0.05) is 18.0 Å². The first-order valence-corrected chi connectivity index (χ1v) is 11.1. The molecule has 2 unspecified atom stereocenters. The predicted molar refractivity (Wildman–Crippen MR) is 120 cm³/mol. The Balaban J connectivity index is 1.46. The van der Waals surface area contributed by atoms with Gasteiger partial charge in [-0.25, -0.2) is 8.78 Å². The molecule has 0 saturated heterocycles. The molecule has 1 aromatic heterocycles. The summed E-state index contributed by atoms with van der Waals surface area (Å²) in [6.45, 7) is 0.220. The number of nitrogens with one attached hydrogen (secondary N) is 1. The molecule has 168 valence electrons. The highest BCUT2D eigenvalue weighted by Crippen LogP contribution is 2.36. The highest BCUT2D eigenvalue weighted by atomic mass is 35.5. The van der Waals surface area contributed by atoms with Crippen LogP contribution in [0.5, 0.6) is 5.75 Å². The molecule has 0 saturated carbocycles. The summed E-state index contributed by atoms with van der Waals surface area (Å²) in [6, 6.07) is 8.86. The van der Waals surface area contributed by atoms with Gasteiger partial charge in [0.25, 0.3) is 5.95 Å². The maximum atomic E-state index is 14.6. The molecule has 0 amide bonds. The van der Waals surface area contributed by atoms with Crippen LogP contribution < -0.4 is 15.2 Å². The SMILES string of the molecule is Cn1nnc(NSc2cc(Cl)c(OCC3C(c4ccc(F)cc4)=CCCC3N)cc2F)n1. The standard InChI is InChI=1S/C21H21ClF2N6OS/c1-30-27-21(26-29-30)28-32-20-9-16(22)19(10-17(20)24)31-11-15-14(3-2-4-18(15)25)12-5-7-13(23)8-6-12/h3,5-10,15,18H,2,4,11,25H2,1H3,(H,27,28). The summed E-state index contributed by atoms with van der Waals surface area (Å²) in [4.78, 5) is 1.55. The van der Waals surface area contributed by atoms with Gasteiger partial charge in [-0.05, 0) is 59.3 Å². The molecule has 1 aliphatic rings. The Kier molecular flexibility index (Phi) is 6.92. The number of aromatic nitrogens is 4. The Hall–Kier alpha value is -2.69. The number of aryl methyl sites for hydroxylation is 1. The van der Waals surface area contributed by atoms with Crippen molar-refractivity contribution in [2.75, 3.05) is 11.3 Å². The number of allylic oxidation sites excluding steroid dienone is 1. The lowest BCUT2D eigenvalue weighted by Gasteiger charge is -2.30. The number of hydrogen-bond donors (Lipinski definition) is 2. The average Bonchev–Trinajstić information content (AvgIpc) is 3.19. The van der Waals surface area contributed by atoms with Crippen molar-refractivity contribution in [2.45, 2.75) is 23.8 Å². The van der Waals surface area contributed by atoms with Gasteiger partial charge in [-0.3, -0.25) is 4.72 Å². The van der Waals surface area contributed by atoms with Crippen LogP contribution in [0.3, 0.4) is 0 Å². The van der Waals surface area contributed by atoms with E-state index in [1.165, 1.54) is 29.1 Å². The van der Waals surface area contributed by atoms with Crippen molar-refractivity contribution >= 4 is 35.1 Å². The Bertz CT molecular complexity index is 1120. The normalized spacial score (nSPS) is 18.3. The summed E-state index contributed by atoms with van der Waals surface area (Å²) in [7, 11) is 1.63. The van der Waals surface area contributed by atoms with Crippen molar-refractivity contribution in [3.05, 3.63) is 64.7 Å². The quantitative estimate of drug-likeness (QED) is 0.484. The summed E-state index contributed by atoms with van der Waals surface area (Å²) in [5.74, 6) is -0.464. The molecule has 2 atom stereocenters. The van der Waals surface area contributed by atoms with E-state index in [0.29, 0.717) is 0 Å². The number of ether oxygens (including phenoxy) is 1. The molecule has 0 aliphatic heterocycles. The molecule has 3 N–H and O–H groups in total. The molecule has 0 fully saturated rings. The Morgan fingerprint density at radius 2 is 2.06 bits per heavy atom. The number of benzene rings is 2. The summed E-state index contributed by atoms with van der Waals surface area (Å²) in [5, 5.41) is 11.7. The minimum absolute atomic E-state index is 0.133. The Labute approximate surface area is 193 Å². The summed E-state index contributed by atoms with van der Waals surface area (Å²) in [6.07, 6.45) is 3.73. The molecule has 1 aliphatic carbocycles. The second-order valence-corrected chi connectivity index (χ2v) is 8.60. The molecule has 32 heavy (non-hydrogen) atoms. The lowest BCUT2D eigenvalue weighted by molar-refractivity contribution is 0.252. The Morgan fingerprint density at radius 3 is 2.78 bits per heavy atom. The lowest BCUT2D eigenvalue weighted by Crippen LogP contribution is -2.36. The number of nitrogens with zero attached hydrogens (tertiary/aromatic N) is 4. The topological polar surface area (TPSA) is 90.9 Å². The maximum Gasteiger partial charge on any atom is 0.273 e. The van der Waals surface area contributed by atoms with Gasteiger partial charge in [0.1, 0.15) is 17.4 Å². The van der Waals surface area contributed by atoms with Crippen LogP contribution >= 0.6 is 23.5 Å². The molecule has 0 bridgehead atoms. The fourth-order valence-electron chi connectivity index (χ4n) is 3.51. The first kappa shape index (κ1) is 22.5. The van der Waals surface area contributed by atoms with Gasteiger partial charge in [-0.1, -0.05) is 34.9 Å². The van der Waals surface area contributed by atoms with Gasteiger partial charge < -0.3 is 10.5 Å². The highest BCUT2D eigenvalue weighted by molar-refractivity contribution is 8.00. The predicted octanol–water partition coefficient (Wildman–Crippen LogP) is 4.46. The van der Waals surface area contributed by atoms with Gasteiger partial charge in [0.15, 0.2) is 0 Å². The van der Waals surface area contributed by atoms with Crippen LogP contribution in [0.25, 0.3) is 5.57 Å². The third-order valence-electron chi connectivity index (χ3n) is 5.12. The molecule has 0 spiro atoms. The second-order valence-electron chi connectivity index (χ2n) is 7.34. The van der Waals surface area contributed by atoms with E-state index >= 15 is 0 Å². The molecule has 4 rings (SSSR count). The van der Waals surface area contributed by atoms with Crippen LogP contribution in [0.4, 0.5) is 14.7 Å². The van der Waals surface area contributed by atoms with E-state index in [2.05, 4.69) is 26.2 Å². The van der Waals surface area contributed by atoms with Crippen molar-refractivity contribution in [1.82, 2.24) is 20.2 Å². The van der Waals surface area contributed by atoms with Crippen molar-refractivity contribution in [2.24, 2.45) is 18.7 Å².